The molecule has 0 saturated heterocycles. The Labute approximate surface area is 168 Å². The maximum absolute atomic E-state index is 13.1. The predicted octanol–water partition coefficient (Wildman–Crippen LogP) is 4.55. The zero-order valence-electron chi connectivity index (χ0n) is 16.2. The van der Waals surface area contributed by atoms with Gasteiger partial charge in [0.05, 0.1) is 0 Å². The first-order valence-electron chi connectivity index (χ1n) is 9.82. The number of carbonyl (C=O) groups is 1. The fraction of sp³-hybridized carbons (Fsp3) is 0.318. The van der Waals surface area contributed by atoms with Crippen LogP contribution < -0.4 is 10.1 Å². The van der Waals surface area contributed by atoms with Crippen LogP contribution in [0.5, 0.6) is 5.75 Å². The van der Waals surface area contributed by atoms with E-state index >= 15 is 0 Å². The largest absolute Gasteiger partial charge is 0.481 e. The van der Waals surface area contributed by atoms with Crippen molar-refractivity contribution in [1.29, 1.82) is 0 Å². The van der Waals surface area contributed by atoms with E-state index in [2.05, 4.69) is 27.8 Å². The van der Waals surface area contributed by atoms with E-state index in [0.29, 0.717) is 17.9 Å². The summed E-state index contributed by atoms with van der Waals surface area (Å²) >= 11 is 0. The topological polar surface area (TPSA) is 77.2 Å². The molecule has 3 aromatic rings. The predicted molar refractivity (Wildman–Crippen MR) is 106 cm³/mol. The Morgan fingerprint density at radius 2 is 1.90 bits per heavy atom. The summed E-state index contributed by atoms with van der Waals surface area (Å²) in [4.78, 5) is 12.7. The molecule has 7 heteroatoms. The minimum absolute atomic E-state index is 0.256. The maximum Gasteiger partial charge on any atom is 0.266 e. The highest BCUT2D eigenvalue weighted by molar-refractivity contribution is 5.96. The van der Waals surface area contributed by atoms with Gasteiger partial charge < -0.3 is 10.1 Å². The molecule has 2 aromatic carbocycles. The molecule has 0 fully saturated rings. The number of aromatic nitrogens is 2. The maximum atomic E-state index is 13.1. The fourth-order valence-corrected chi connectivity index (χ4v) is 3.54. The number of fused-ring (bicyclic) bond motifs is 1. The molecule has 29 heavy (non-hydrogen) atoms. The number of rotatable bonds is 6. The van der Waals surface area contributed by atoms with Gasteiger partial charge in [-0.05, 0) is 83.9 Å². The van der Waals surface area contributed by atoms with Crippen LogP contribution in [0.15, 0.2) is 47.1 Å². The van der Waals surface area contributed by atoms with Crippen molar-refractivity contribution >= 4 is 11.7 Å². The molecule has 1 heterocycles. The number of nitrogens with one attached hydrogen (secondary N) is 1. The van der Waals surface area contributed by atoms with Gasteiger partial charge >= 0.3 is 0 Å². The zero-order valence-corrected chi connectivity index (χ0v) is 16.2. The van der Waals surface area contributed by atoms with Gasteiger partial charge in [0.2, 0.25) is 5.82 Å². The van der Waals surface area contributed by atoms with Gasteiger partial charge in [-0.1, -0.05) is 19.1 Å². The molecule has 0 saturated carbocycles. The summed E-state index contributed by atoms with van der Waals surface area (Å²) in [5.41, 5.74) is 4.01. The van der Waals surface area contributed by atoms with E-state index in [1.807, 2.05) is 13.0 Å². The van der Waals surface area contributed by atoms with Crippen molar-refractivity contribution in [2.24, 2.45) is 0 Å². The first kappa shape index (κ1) is 19.1. The zero-order chi connectivity index (χ0) is 20.2. The van der Waals surface area contributed by atoms with Gasteiger partial charge in [-0.15, -0.1) is 0 Å². The van der Waals surface area contributed by atoms with Crippen molar-refractivity contribution in [2.75, 3.05) is 5.32 Å². The standard InChI is InChI=1S/C22H22FN3O3/c1-2-19(28-18-11-9-17(23)10-12-18)22(27)24-21-20(25-29-26-21)16-8-7-14-5-3-4-6-15(14)13-16/h7-13,19H,2-6H2,1H3,(H,24,26,27)/t19-/m1/s1. The van der Waals surface area contributed by atoms with Gasteiger partial charge in [0.1, 0.15) is 11.6 Å². The molecular weight excluding hydrogens is 373 g/mol. The third-order valence-electron chi connectivity index (χ3n) is 5.11. The third-order valence-corrected chi connectivity index (χ3v) is 5.11. The van der Waals surface area contributed by atoms with E-state index in [9.17, 15) is 9.18 Å². The van der Waals surface area contributed by atoms with Crippen molar-refractivity contribution in [1.82, 2.24) is 10.3 Å². The highest BCUT2D eigenvalue weighted by Gasteiger charge is 2.23. The van der Waals surface area contributed by atoms with Crippen LogP contribution in [0.3, 0.4) is 0 Å². The molecule has 1 N–H and O–H groups in total. The molecule has 0 spiro atoms. The molecule has 6 nitrogen and oxygen atoms in total. The van der Waals surface area contributed by atoms with E-state index in [1.54, 1.807) is 0 Å². The summed E-state index contributed by atoms with van der Waals surface area (Å²) in [6.07, 6.45) is 4.20. The molecule has 1 atom stereocenters. The monoisotopic (exact) mass is 395 g/mol. The van der Waals surface area contributed by atoms with E-state index in [4.69, 9.17) is 9.37 Å². The summed E-state index contributed by atoms with van der Waals surface area (Å²) in [6, 6.07) is 11.7. The summed E-state index contributed by atoms with van der Waals surface area (Å²) in [6.45, 7) is 1.83. The smallest absolute Gasteiger partial charge is 0.266 e. The van der Waals surface area contributed by atoms with Crippen LogP contribution in [-0.2, 0) is 17.6 Å². The molecule has 1 amide bonds. The SMILES string of the molecule is CC[C@@H](Oc1ccc(F)cc1)C(=O)Nc1nonc1-c1ccc2c(c1)CCCC2. The highest BCUT2D eigenvalue weighted by Crippen LogP contribution is 2.30. The quantitative estimate of drug-likeness (QED) is 0.663. The Balaban J connectivity index is 1.50. The summed E-state index contributed by atoms with van der Waals surface area (Å²) < 4.78 is 23.7. The molecule has 1 aliphatic rings. The lowest BCUT2D eigenvalue weighted by Gasteiger charge is -2.17. The number of amides is 1. The van der Waals surface area contributed by atoms with Crippen molar-refractivity contribution in [2.45, 2.75) is 45.1 Å². The van der Waals surface area contributed by atoms with Crippen LogP contribution in [-0.4, -0.2) is 22.3 Å². The lowest BCUT2D eigenvalue weighted by molar-refractivity contribution is -0.122. The summed E-state index contributed by atoms with van der Waals surface area (Å²) in [5.74, 6) is -0.0570. The summed E-state index contributed by atoms with van der Waals surface area (Å²) in [7, 11) is 0. The molecular formula is C22H22FN3O3. The van der Waals surface area contributed by atoms with Crippen molar-refractivity contribution in [3.05, 3.63) is 59.4 Å². The summed E-state index contributed by atoms with van der Waals surface area (Å²) in [5, 5.41) is 10.6. The first-order valence-corrected chi connectivity index (χ1v) is 9.82. The Morgan fingerprint density at radius 3 is 2.66 bits per heavy atom. The van der Waals surface area contributed by atoms with Gasteiger partial charge in [-0.3, -0.25) is 4.79 Å². The fourth-order valence-electron chi connectivity index (χ4n) is 3.54. The molecule has 1 aliphatic carbocycles. The van der Waals surface area contributed by atoms with Crippen LogP contribution in [0.25, 0.3) is 11.3 Å². The van der Waals surface area contributed by atoms with Crippen LogP contribution in [0, 0.1) is 5.82 Å². The van der Waals surface area contributed by atoms with Gasteiger partial charge in [0.15, 0.2) is 11.8 Å². The molecule has 0 aliphatic heterocycles. The van der Waals surface area contributed by atoms with E-state index in [1.165, 1.54) is 48.2 Å². The number of hydrogen-bond acceptors (Lipinski definition) is 5. The van der Waals surface area contributed by atoms with Gasteiger partial charge in [-0.2, -0.15) is 0 Å². The number of aryl methyl sites for hydroxylation is 2. The van der Waals surface area contributed by atoms with Crippen molar-refractivity contribution in [3.8, 4) is 17.0 Å². The lowest BCUT2D eigenvalue weighted by atomic mass is 9.90. The van der Waals surface area contributed by atoms with E-state index < -0.39 is 6.10 Å². The lowest BCUT2D eigenvalue weighted by Crippen LogP contribution is -2.32. The van der Waals surface area contributed by atoms with Gasteiger partial charge in [0, 0.05) is 5.56 Å². The van der Waals surface area contributed by atoms with E-state index in [-0.39, 0.29) is 17.5 Å². The Kier molecular flexibility index (Phi) is 5.55. The number of benzene rings is 2. The second-order valence-corrected chi connectivity index (χ2v) is 7.11. The molecule has 0 unspecified atom stereocenters. The normalized spacial score (nSPS) is 14.1. The number of halogens is 1. The number of anilines is 1. The second kappa shape index (κ2) is 8.43. The number of nitrogens with zero attached hydrogens (tertiary/aromatic N) is 2. The number of hydrogen-bond donors (Lipinski definition) is 1. The molecule has 150 valence electrons. The number of ether oxygens (including phenoxy) is 1. The minimum Gasteiger partial charge on any atom is -0.481 e. The second-order valence-electron chi connectivity index (χ2n) is 7.11. The number of carbonyl (C=O) groups excluding carboxylic acids is 1. The molecule has 0 bridgehead atoms. The van der Waals surface area contributed by atoms with Crippen LogP contribution in [0.1, 0.15) is 37.3 Å². The van der Waals surface area contributed by atoms with Crippen LogP contribution >= 0.6 is 0 Å². The molecule has 0 radical (unpaired) electrons. The molecule has 1 aromatic heterocycles. The van der Waals surface area contributed by atoms with Crippen molar-refractivity contribution < 1.29 is 18.6 Å². The average Bonchev–Trinajstić information content (AvgIpc) is 3.21. The van der Waals surface area contributed by atoms with Crippen LogP contribution in [0.4, 0.5) is 10.2 Å². The molecule has 4 rings (SSSR count). The average molecular weight is 395 g/mol. The van der Waals surface area contributed by atoms with E-state index in [0.717, 1.165) is 18.4 Å². The Bertz CT molecular complexity index is 1000. The van der Waals surface area contributed by atoms with Gasteiger partial charge in [-0.25, -0.2) is 9.02 Å². The minimum atomic E-state index is -0.756. The third kappa shape index (κ3) is 4.29. The van der Waals surface area contributed by atoms with Gasteiger partial charge in [0.25, 0.3) is 5.91 Å². The highest BCUT2D eigenvalue weighted by atomic mass is 19.1. The van der Waals surface area contributed by atoms with Crippen LogP contribution in [0.2, 0.25) is 0 Å². The Hall–Kier alpha value is -3.22. The first-order chi connectivity index (χ1) is 14.1. The Morgan fingerprint density at radius 1 is 1.14 bits per heavy atom. The van der Waals surface area contributed by atoms with Crippen molar-refractivity contribution in [3.63, 3.8) is 0 Å².